The van der Waals surface area contributed by atoms with Crippen molar-refractivity contribution in [1.82, 2.24) is 19.8 Å². The van der Waals surface area contributed by atoms with E-state index in [0.717, 1.165) is 10.6 Å². The van der Waals surface area contributed by atoms with Crippen LogP contribution in [0.1, 0.15) is 29.0 Å². The van der Waals surface area contributed by atoms with Crippen LogP contribution in [0.5, 0.6) is 5.75 Å². The van der Waals surface area contributed by atoms with Gasteiger partial charge >= 0.3 is 0 Å². The van der Waals surface area contributed by atoms with Crippen LogP contribution in [-0.4, -0.2) is 51.3 Å². The average Bonchev–Trinajstić information content (AvgIpc) is 3.06. The zero-order valence-electron chi connectivity index (χ0n) is 15.4. The summed E-state index contributed by atoms with van der Waals surface area (Å²) < 4.78 is 23.1. The number of amides is 1. The molecule has 0 saturated carbocycles. The van der Waals surface area contributed by atoms with Gasteiger partial charge in [0.15, 0.2) is 5.60 Å². The maximum absolute atomic E-state index is 14.1. The fourth-order valence-electron chi connectivity index (χ4n) is 3.18. The van der Waals surface area contributed by atoms with Crippen molar-refractivity contribution in [1.29, 1.82) is 0 Å². The van der Waals surface area contributed by atoms with Crippen LogP contribution in [0.15, 0.2) is 18.2 Å². The zero-order valence-corrected chi connectivity index (χ0v) is 16.2. The average molecular weight is 394 g/mol. The van der Waals surface area contributed by atoms with Crippen LogP contribution in [0, 0.1) is 12.7 Å². The second-order valence-corrected chi connectivity index (χ2v) is 7.54. The molecule has 1 aliphatic heterocycles. The van der Waals surface area contributed by atoms with E-state index in [1.54, 1.807) is 6.07 Å². The normalized spacial score (nSPS) is 20.1. The van der Waals surface area contributed by atoms with Crippen molar-refractivity contribution in [3.05, 3.63) is 40.2 Å². The minimum atomic E-state index is -1.50. The van der Waals surface area contributed by atoms with Gasteiger partial charge in [0.1, 0.15) is 11.6 Å². The van der Waals surface area contributed by atoms with Crippen LogP contribution in [0.3, 0.4) is 0 Å². The molecular weight excluding hydrogens is 371 g/mol. The topological polar surface area (TPSA) is 87.6 Å². The van der Waals surface area contributed by atoms with E-state index in [1.807, 2.05) is 6.92 Å². The molecule has 1 aromatic heterocycles. The summed E-state index contributed by atoms with van der Waals surface area (Å²) in [5.41, 5.74) is -0.296. The zero-order chi connectivity index (χ0) is 19.4. The fraction of sp³-hybridized carbons (Fsp3) is 0.500. The Hall–Kier alpha value is -2.10. The van der Waals surface area contributed by atoms with Crippen LogP contribution in [0.25, 0.3) is 0 Å². The van der Waals surface area contributed by atoms with E-state index in [-0.39, 0.29) is 19.0 Å². The van der Waals surface area contributed by atoms with E-state index in [2.05, 4.69) is 14.9 Å². The molecule has 146 valence electrons. The molecule has 2 N–H and O–H groups in total. The Morgan fingerprint density at radius 1 is 1.48 bits per heavy atom. The Morgan fingerprint density at radius 3 is 3.00 bits per heavy atom. The van der Waals surface area contributed by atoms with Crippen molar-refractivity contribution in [2.45, 2.75) is 38.5 Å². The Kier molecular flexibility index (Phi) is 6.03. The van der Waals surface area contributed by atoms with Crippen molar-refractivity contribution < 1.29 is 19.0 Å². The van der Waals surface area contributed by atoms with E-state index in [9.17, 15) is 14.3 Å². The number of piperidine rings is 1. The third-order valence-corrected chi connectivity index (χ3v) is 5.59. The predicted molar refractivity (Wildman–Crippen MR) is 98.9 cm³/mol. The number of aryl methyl sites for hydroxylation is 1. The monoisotopic (exact) mass is 394 g/mol. The second-order valence-electron chi connectivity index (χ2n) is 6.70. The first-order valence-electron chi connectivity index (χ1n) is 8.75. The number of halogens is 1. The highest BCUT2D eigenvalue weighted by Gasteiger charge is 2.42. The number of carbonyl (C=O) groups excluding carboxylic acids is 1. The summed E-state index contributed by atoms with van der Waals surface area (Å²) in [7, 11) is 1.51. The molecule has 0 spiro atoms. The number of ether oxygens (including phenoxy) is 1. The van der Waals surface area contributed by atoms with Crippen LogP contribution < -0.4 is 10.1 Å². The molecule has 2 heterocycles. The molecule has 1 atom stereocenters. The Labute approximate surface area is 161 Å². The molecule has 1 aliphatic rings. The highest BCUT2D eigenvalue weighted by molar-refractivity contribution is 7.05. The van der Waals surface area contributed by atoms with E-state index in [1.165, 1.54) is 35.7 Å². The first kappa shape index (κ1) is 19.7. The molecule has 0 radical (unpaired) electrons. The number of nitrogens with zero attached hydrogens (tertiary/aromatic N) is 3. The molecule has 9 heteroatoms. The first-order valence-corrected chi connectivity index (χ1v) is 9.53. The molecule has 27 heavy (non-hydrogen) atoms. The fourth-order valence-corrected chi connectivity index (χ4v) is 3.78. The van der Waals surface area contributed by atoms with Gasteiger partial charge in [0.05, 0.1) is 17.7 Å². The minimum absolute atomic E-state index is 0.0993. The maximum atomic E-state index is 14.1. The number of benzene rings is 1. The summed E-state index contributed by atoms with van der Waals surface area (Å²) >= 11 is 1.29. The lowest BCUT2D eigenvalue weighted by Crippen LogP contribution is -2.57. The number of hydrogen-bond donors (Lipinski definition) is 2. The van der Waals surface area contributed by atoms with Crippen LogP contribution in [0.2, 0.25) is 0 Å². The van der Waals surface area contributed by atoms with Gasteiger partial charge in [0.25, 0.3) is 5.91 Å². The SMILES string of the molecule is COc1ccc(F)c(CN2CCC[C@](O)(CNCc3snnc3C)C2=O)c1. The largest absolute Gasteiger partial charge is 0.497 e. The molecule has 1 amide bonds. The molecule has 0 aliphatic carbocycles. The molecule has 3 rings (SSSR count). The van der Waals surface area contributed by atoms with Crippen LogP contribution in [-0.2, 0) is 17.9 Å². The number of hydrogen-bond acceptors (Lipinski definition) is 7. The van der Waals surface area contributed by atoms with Gasteiger partial charge in [0, 0.05) is 31.7 Å². The number of aliphatic hydroxyl groups is 1. The first-order chi connectivity index (χ1) is 12.9. The molecule has 0 bridgehead atoms. The summed E-state index contributed by atoms with van der Waals surface area (Å²) in [6.45, 7) is 3.06. The third kappa shape index (κ3) is 4.42. The maximum Gasteiger partial charge on any atom is 0.256 e. The van der Waals surface area contributed by atoms with Gasteiger partial charge in [-0.2, -0.15) is 0 Å². The number of likely N-dealkylation sites (tertiary alicyclic amines) is 1. The second kappa shape index (κ2) is 8.28. The Balaban J connectivity index is 1.65. The standard InChI is InChI=1S/C18H23FN4O3S/c1-12-16(27-22-21-12)9-20-11-18(25)6-3-7-23(17(18)24)10-13-8-14(26-2)4-5-15(13)19/h4-5,8,20,25H,3,6-7,9-11H2,1-2H3/t18-/m0/s1. The van der Waals surface area contributed by atoms with E-state index in [0.29, 0.717) is 37.2 Å². The number of nitrogens with one attached hydrogen (secondary N) is 1. The third-order valence-electron chi connectivity index (χ3n) is 4.77. The molecule has 2 aromatic rings. The van der Waals surface area contributed by atoms with Gasteiger partial charge in [-0.15, -0.1) is 5.10 Å². The lowest BCUT2D eigenvalue weighted by molar-refractivity contribution is -0.157. The van der Waals surface area contributed by atoms with E-state index < -0.39 is 11.4 Å². The Bertz CT molecular complexity index is 816. The summed E-state index contributed by atoms with van der Waals surface area (Å²) in [6.07, 6.45) is 1.02. The minimum Gasteiger partial charge on any atom is -0.497 e. The van der Waals surface area contributed by atoms with Crippen LogP contribution >= 0.6 is 11.5 Å². The summed E-state index contributed by atoms with van der Waals surface area (Å²) in [5, 5.41) is 17.9. The van der Waals surface area contributed by atoms with E-state index in [4.69, 9.17) is 4.74 Å². The number of methoxy groups -OCH3 is 1. The number of rotatable bonds is 7. The predicted octanol–water partition coefficient (Wildman–Crippen LogP) is 1.64. The lowest BCUT2D eigenvalue weighted by Gasteiger charge is -2.38. The van der Waals surface area contributed by atoms with Gasteiger partial charge in [-0.1, -0.05) is 4.49 Å². The van der Waals surface area contributed by atoms with Gasteiger partial charge in [-0.25, -0.2) is 4.39 Å². The summed E-state index contributed by atoms with van der Waals surface area (Å²) in [4.78, 5) is 15.3. The van der Waals surface area contributed by atoms with Crippen molar-refractivity contribution in [2.75, 3.05) is 20.2 Å². The van der Waals surface area contributed by atoms with Gasteiger partial charge < -0.3 is 20.1 Å². The number of aromatic nitrogens is 2. The molecule has 1 saturated heterocycles. The molecule has 1 fully saturated rings. The molecule has 0 unspecified atom stereocenters. The van der Waals surface area contributed by atoms with Gasteiger partial charge in [-0.05, 0) is 49.5 Å². The smallest absolute Gasteiger partial charge is 0.256 e. The van der Waals surface area contributed by atoms with Crippen molar-refractivity contribution in [3.63, 3.8) is 0 Å². The quantitative estimate of drug-likeness (QED) is 0.742. The molecule has 7 nitrogen and oxygen atoms in total. The van der Waals surface area contributed by atoms with Crippen molar-refractivity contribution in [2.24, 2.45) is 0 Å². The Morgan fingerprint density at radius 2 is 2.30 bits per heavy atom. The molecule has 1 aromatic carbocycles. The van der Waals surface area contributed by atoms with Crippen LogP contribution in [0.4, 0.5) is 4.39 Å². The van der Waals surface area contributed by atoms with Gasteiger partial charge in [0.2, 0.25) is 0 Å². The summed E-state index contributed by atoms with van der Waals surface area (Å²) in [6, 6.07) is 4.43. The number of carbonyl (C=O) groups is 1. The summed E-state index contributed by atoms with van der Waals surface area (Å²) in [5.74, 6) is -0.257. The van der Waals surface area contributed by atoms with Crippen molar-refractivity contribution >= 4 is 17.4 Å². The van der Waals surface area contributed by atoms with E-state index >= 15 is 0 Å². The highest BCUT2D eigenvalue weighted by Crippen LogP contribution is 2.26. The highest BCUT2D eigenvalue weighted by atomic mass is 32.1. The molecular formula is C18H23FN4O3S. The van der Waals surface area contributed by atoms with Crippen molar-refractivity contribution in [3.8, 4) is 5.75 Å². The lowest BCUT2D eigenvalue weighted by atomic mass is 9.91. The van der Waals surface area contributed by atoms with Gasteiger partial charge in [-0.3, -0.25) is 4.79 Å².